The van der Waals surface area contributed by atoms with Crippen molar-refractivity contribution >= 4 is 11.7 Å². The molecule has 1 fully saturated rings. The summed E-state index contributed by atoms with van der Waals surface area (Å²) in [4.78, 5) is 23.0. The molecular formula is C11H20N2O2. The van der Waals surface area contributed by atoms with Crippen LogP contribution in [0, 0.1) is 5.41 Å². The normalized spacial score (nSPS) is 27.6. The third kappa shape index (κ3) is 3.02. The highest BCUT2D eigenvalue weighted by Crippen LogP contribution is 2.26. The minimum atomic E-state index is -0.361. The van der Waals surface area contributed by atoms with Crippen molar-refractivity contribution in [2.45, 2.75) is 45.7 Å². The number of likely N-dealkylation sites (N-methyl/N-ethyl adjacent to an activating group) is 1. The molecule has 0 aliphatic carbocycles. The van der Waals surface area contributed by atoms with Crippen LogP contribution in [-0.2, 0) is 9.59 Å². The van der Waals surface area contributed by atoms with Crippen molar-refractivity contribution < 1.29 is 9.59 Å². The van der Waals surface area contributed by atoms with E-state index in [1.165, 1.54) is 0 Å². The van der Waals surface area contributed by atoms with Gasteiger partial charge in [0.15, 0.2) is 0 Å². The number of Topliss-reactive ketones (excluding diaryl/α,β-unsaturated/α-hetero) is 1. The molecule has 0 radical (unpaired) electrons. The summed E-state index contributed by atoms with van der Waals surface area (Å²) in [5.41, 5.74) is 0.00233. The fourth-order valence-electron chi connectivity index (χ4n) is 1.80. The quantitative estimate of drug-likeness (QED) is 0.664. The summed E-state index contributed by atoms with van der Waals surface area (Å²) in [5, 5.41) is 5.82. The summed E-state index contributed by atoms with van der Waals surface area (Å²) in [6.07, 6.45) is 0.837. The Bertz CT molecular complexity index is 268. The molecule has 0 aromatic carbocycles. The van der Waals surface area contributed by atoms with E-state index in [4.69, 9.17) is 0 Å². The van der Waals surface area contributed by atoms with Crippen LogP contribution >= 0.6 is 0 Å². The molecular weight excluding hydrogens is 192 g/mol. The van der Waals surface area contributed by atoms with Crippen molar-refractivity contribution in [2.24, 2.45) is 5.41 Å². The second-order valence-corrected chi connectivity index (χ2v) is 5.20. The summed E-state index contributed by atoms with van der Waals surface area (Å²) in [6, 6.07) is -0.276. The third-order valence-corrected chi connectivity index (χ3v) is 2.87. The first-order chi connectivity index (χ1) is 6.84. The van der Waals surface area contributed by atoms with Crippen LogP contribution in [0.1, 0.15) is 33.6 Å². The number of hydrogen-bond acceptors (Lipinski definition) is 3. The van der Waals surface area contributed by atoms with Gasteiger partial charge in [-0.05, 0) is 5.41 Å². The molecule has 4 nitrogen and oxygen atoms in total. The highest BCUT2D eigenvalue weighted by molar-refractivity contribution is 5.90. The van der Waals surface area contributed by atoms with Crippen molar-refractivity contribution in [3.8, 4) is 0 Å². The monoisotopic (exact) mass is 212 g/mol. The van der Waals surface area contributed by atoms with E-state index < -0.39 is 0 Å². The number of carbonyl (C=O) groups excluding carboxylic acids is 2. The van der Waals surface area contributed by atoms with Gasteiger partial charge in [0.05, 0.1) is 6.04 Å². The van der Waals surface area contributed by atoms with Gasteiger partial charge in [0.25, 0.3) is 0 Å². The average molecular weight is 212 g/mol. The third-order valence-electron chi connectivity index (χ3n) is 2.87. The Morgan fingerprint density at radius 1 is 1.40 bits per heavy atom. The van der Waals surface area contributed by atoms with Crippen LogP contribution < -0.4 is 10.6 Å². The summed E-state index contributed by atoms with van der Waals surface area (Å²) >= 11 is 0. The molecule has 1 amide bonds. The van der Waals surface area contributed by atoms with Crippen molar-refractivity contribution in [3.63, 3.8) is 0 Å². The van der Waals surface area contributed by atoms with E-state index in [1.807, 2.05) is 0 Å². The van der Waals surface area contributed by atoms with Gasteiger partial charge in [-0.25, -0.2) is 0 Å². The predicted octanol–water partition coefficient (Wildman–Crippen LogP) is 0.468. The summed E-state index contributed by atoms with van der Waals surface area (Å²) in [6.45, 7) is 6.22. The number of rotatable bonds is 1. The van der Waals surface area contributed by atoms with E-state index in [2.05, 4.69) is 31.4 Å². The van der Waals surface area contributed by atoms with Crippen LogP contribution in [0.15, 0.2) is 0 Å². The molecule has 4 heteroatoms. The van der Waals surface area contributed by atoms with E-state index in [9.17, 15) is 9.59 Å². The van der Waals surface area contributed by atoms with Gasteiger partial charge in [-0.3, -0.25) is 9.59 Å². The maximum absolute atomic E-state index is 11.5. The van der Waals surface area contributed by atoms with E-state index in [0.717, 1.165) is 0 Å². The molecule has 0 spiro atoms. The molecule has 1 rings (SSSR count). The minimum Gasteiger partial charge on any atom is -0.358 e. The van der Waals surface area contributed by atoms with Gasteiger partial charge < -0.3 is 10.6 Å². The number of ketones is 1. The molecule has 1 aliphatic heterocycles. The first-order valence-electron chi connectivity index (χ1n) is 5.34. The summed E-state index contributed by atoms with van der Waals surface area (Å²) < 4.78 is 0. The van der Waals surface area contributed by atoms with Gasteiger partial charge >= 0.3 is 0 Å². The van der Waals surface area contributed by atoms with Crippen molar-refractivity contribution in [2.75, 3.05) is 7.05 Å². The molecule has 2 N–H and O–H groups in total. The standard InChI is InChI=1S/C11H20N2O2/c1-11(2,3)9-6-7(14)5-8(13-9)10(15)12-4/h8-9,13H,5-6H2,1-4H3,(H,12,15)/t8-,9+/m0/s1. The van der Waals surface area contributed by atoms with E-state index in [-0.39, 0.29) is 29.2 Å². The highest BCUT2D eigenvalue weighted by atomic mass is 16.2. The van der Waals surface area contributed by atoms with Crippen molar-refractivity contribution in [3.05, 3.63) is 0 Å². The molecule has 0 aromatic rings. The molecule has 1 heterocycles. The molecule has 0 aromatic heterocycles. The Labute approximate surface area is 90.8 Å². The smallest absolute Gasteiger partial charge is 0.237 e. The van der Waals surface area contributed by atoms with E-state index >= 15 is 0 Å². The lowest BCUT2D eigenvalue weighted by atomic mass is 9.80. The van der Waals surface area contributed by atoms with Crippen LogP contribution in [-0.4, -0.2) is 30.8 Å². The maximum Gasteiger partial charge on any atom is 0.237 e. The predicted molar refractivity (Wildman–Crippen MR) is 58.5 cm³/mol. The summed E-state index contributed by atoms with van der Waals surface area (Å²) in [5.74, 6) is 0.0691. The lowest BCUT2D eigenvalue weighted by Crippen LogP contribution is -2.56. The minimum absolute atomic E-state index is 0.00233. The molecule has 0 bridgehead atoms. The van der Waals surface area contributed by atoms with Crippen LogP contribution in [0.5, 0.6) is 0 Å². The van der Waals surface area contributed by atoms with Gasteiger partial charge in [0.1, 0.15) is 5.78 Å². The van der Waals surface area contributed by atoms with E-state index in [0.29, 0.717) is 12.8 Å². The largest absolute Gasteiger partial charge is 0.358 e. The Morgan fingerprint density at radius 2 is 2.00 bits per heavy atom. The molecule has 1 saturated heterocycles. The first kappa shape index (κ1) is 12.2. The summed E-state index contributed by atoms with van der Waals surface area (Å²) in [7, 11) is 1.59. The lowest BCUT2D eigenvalue weighted by molar-refractivity contribution is -0.130. The average Bonchev–Trinajstić information content (AvgIpc) is 2.14. The number of amides is 1. The fourth-order valence-corrected chi connectivity index (χ4v) is 1.80. The zero-order chi connectivity index (χ0) is 11.6. The zero-order valence-electron chi connectivity index (χ0n) is 9.89. The molecule has 86 valence electrons. The molecule has 1 aliphatic rings. The lowest BCUT2D eigenvalue weighted by Gasteiger charge is -2.37. The fraction of sp³-hybridized carbons (Fsp3) is 0.818. The number of carbonyl (C=O) groups is 2. The topological polar surface area (TPSA) is 58.2 Å². The van der Waals surface area contributed by atoms with Crippen LogP contribution in [0.25, 0.3) is 0 Å². The maximum atomic E-state index is 11.5. The number of hydrogen-bond donors (Lipinski definition) is 2. The Hall–Kier alpha value is -0.900. The zero-order valence-corrected chi connectivity index (χ0v) is 9.89. The highest BCUT2D eigenvalue weighted by Gasteiger charge is 2.36. The number of nitrogens with one attached hydrogen (secondary N) is 2. The Balaban J connectivity index is 2.72. The van der Waals surface area contributed by atoms with Gasteiger partial charge in [-0.2, -0.15) is 0 Å². The molecule has 2 atom stereocenters. The molecule has 15 heavy (non-hydrogen) atoms. The SMILES string of the molecule is CNC(=O)[C@@H]1CC(=O)C[C@H](C(C)(C)C)N1. The van der Waals surface area contributed by atoms with Crippen molar-refractivity contribution in [1.82, 2.24) is 10.6 Å². The van der Waals surface area contributed by atoms with Gasteiger partial charge in [-0.15, -0.1) is 0 Å². The number of piperidine rings is 1. The first-order valence-corrected chi connectivity index (χ1v) is 5.34. The molecule has 0 unspecified atom stereocenters. The second kappa shape index (κ2) is 4.31. The van der Waals surface area contributed by atoms with Crippen molar-refractivity contribution in [1.29, 1.82) is 0 Å². The van der Waals surface area contributed by atoms with Gasteiger partial charge in [0.2, 0.25) is 5.91 Å². The van der Waals surface area contributed by atoms with Crippen LogP contribution in [0.2, 0.25) is 0 Å². The van der Waals surface area contributed by atoms with E-state index in [1.54, 1.807) is 7.05 Å². The Kier molecular flexibility index (Phi) is 3.50. The molecule has 0 saturated carbocycles. The van der Waals surface area contributed by atoms with Crippen LogP contribution in [0.4, 0.5) is 0 Å². The second-order valence-electron chi connectivity index (χ2n) is 5.20. The Morgan fingerprint density at radius 3 is 2.47 bits per heavy atom. The van der Waals surface area contributed by atoms with Gasteiger partial charge in [0, 0.05) is 25.9 Å². The van der Waals surface area contributed by atoms with Crippen LogP contribution in [0.3, 0.4) is 0 Å². The van der Waals surface area contributed by atoms with Gasteiger partial charge in [-0.1, -0.05) is 20.8 Å².